The Kier molecular flexibility index (Phi) is 9.11. The monoisotopic (exact) mass is 379 g/mol. The highest BCUT2D eigenvalue weighted by molar-refractivity contribution is 14.0. The lowest BCUT2D eigenvalue weighted by Crippen LogP contribution is -2.35. The van der Waals surface area contributed by atoms with Gasteiger partial charge >= 0.3 is 0 Å². The molecule has 0 aliphatic heterocycles. The van der Waals surface area contributed by atoms with Gasteiger partial charge in [0.25, 0.3) is 0 Å². The smallest absolute Gasteiger partial charge is 0.190 e. The van der Waals surface area contributed by atoms with Gasteiger partial charge in [-0.25, -0.2) is 0 Å². The van der Waals surface area contributed by atoms with E-state index in [1.807, 2.05) is 25.2 Å². The molecule has 0 unspecified atom stereocenters. The molecule has 0 atom stereocenters. The maximum atomic E-state index is 5.33. The number of methoxy groups -OCH3 is 2. The van der Waals surface area contributed by atoms with E-state index in [1.54, 1.807) is 21.3 Å². The fourth-order valence-electron chi connectivity index (χ4n) is 1.67. The van der Waals surface area contributed by atoms with Gasteiger partial charge in [0.2, 0.25) is 0 Å². The van der Waals surface area contributed by atoms with E-state index in [4.69, 9.17) is 9.47 Å². The second-order valence-electron chi connectivity index (χ2n) is 3.68. The van der Waals surface area contributed by atoms with Gasteiger partial charge in [-0.05, 0) is 30.2 Å². The highest BCUT2D eigenvalue weighted by Gasteiger charge is 2.05. The molecular weight excluding hydrogens is 357 g/mol. The lowest BCUT2D eigenvalue weighted by molar-refractivity contribution is 0.398. The molecule has 0 radical (unpaired) electrons. The van der Waals surface area contributed by atoms with Crippen LogP contribution in [0.3, 0.4) is 0 Å². The van der Waals surface area contributed by atoms with Crippen LogP contribution in [-0.4, -0.2) is 40.8 Å². The Balaban J connectivity index is 0.00000324. The molecule has 0 saturated carbocycles. The van der Waals surface area contributed by atoms with Crippen LogP contribution in [0.1, 0.15) is 5.56 Å². The summed E-state index contributed by atoms with van der Waals surface area (Å²) >= 11 is 0. The lowest BCUT2D eigenvalue weighted by atomic mass is 10.1. The lowest BCUT2D eigenvalue weighted by Gasteiger charge is -2.12. The maximum Gasteiger partial charge on any atom is 0.190 e. The Morgan fingerprint density at radius 1 is 1.26 bits per heavy atom. The van der Waals surface area contributed by atoms with Crippen LogP contribution in [0.2, 0.25) is 0 Å². The van der Waals surface area contributed by atoms with Crippen molar-refractivity contribution in [2.75, 3.05) is 34.9 Å². The second-order valence-corrected chi connectivity index (χ2v) is 3.68. The molecule has 2 N–H and O–H groups in total. The molecule has 108 valence electrons. The number of halogens is 1. The quantitative estimate of drug-likeness (QED) is 0.464. The largest absolute Gasteiger partial charge is 0.497 e. The predicted octanol–water partition coefficient (Wildman–Crippen LogP) is 1.66. The first-order valence-corrected chi connectivity index (χ1v) is 5.84. The van der Waals surface area contributed by atoms with Gasteiger partial charge in [-0.3, -0.25) is 4.99 Å². The van der Waals surface area contributed by atoms with Crippen LogP contribution in [0.5, 0.6) is 11.5 Å². The van der Waals surface area contributed by atoms with Crippen molar-refractivity contribution in [3.8, 4) is 11.5 Å². The minimum Gasteiger partial charge on any atom is -0.497 e. The third-order valence-corrected chi connectivity index (χ3v) is 2.63. The highest BCUT2D eigenvalue weighted by atomic mass is 127. The number of ether oxygens (including phenoxy) is 2. The first-order valence-electron chi connectivity index (χ1n) is 5.84. The van der Waals surface area contributed by atoms with Crippen LogP contribution in [0, 0.1) is 0 Å². The van der Waals surface area contributed by atoms with Crippen LogP contribution in [0.15, 0.2) is 23.2 Å². The van der Waals surface area contributed by atoms with Gasteiger partial charge in [-0.15, -0.1) is 24.0 Å². The van der Waals surface area contributed by atoms with Crippen molar-refractivity contribution in [1.29, 1.82) is 0 Å². The molecule has 19 heavy (non-hydrogen) atoms. The summed E-state index contributed by atoms with van der Waals surface area (Å²) in [4.78, 5) is 4.05. The van der Waals surface area contributed by atoms with Crippen molar-refractivity contribution in [3.63, 3.8) is 0 Å². The molecule has 1 rings (SSSR count). The van der Waals surface area contributed by atoms with E-state index in [-0.39, 0.29) is 24.0 Å². The van der Waals surface area contributed by atoms with Crippen molar-refractivity contribution in [1.82, 2.24) is 10.6 Å². The third-order valence-electron chi connectivity index (χ3n) is 2.63. The summed E-state index contributed by atoms with van der Waals surface area (Å²) in [5, 5.41) is 6.17. The number of hydrogen-bond donors (Lipinski definition) is 2. The molecule has 0 fully saturated rings. The second kappa shape index (κ2) is 9.71. The Labute approximate surface area is 131 Å². The van der Waals surface area contributed by atoms with E-state index >= 15 is 0 Å². The molecule has 1 aromatic carbocycles. The number of nitrogens with zero attached hydrogens (tertiary/aromatic N) is 1. The van der Waals surface area contributed by atoms with Crippen LogP contribution in [0.25, 0.3) is 0 Å². The number of aliphatic imine (C=N–C) groups is 1. The Hall–Kier alpha value is -1.18. The summed E-state index contributed by atoms with van der Waals surface area (Å²) in [5.41, 5.74) is 1.11. The van der Waals surface area contributed by atoms with E-state index in [2.05, 4.69) is 15.6 Å². The van der Waals surface area contributed by atoms with E-state index in [0.717, 1.165) is 36.0 Å². The van der Waals surface area contributed by atoms with Crippen molar-refractivity contribution >= 4 is 29.9 Å². The Morgan fingerprint density at radius 3 is 2.53 bits per heavy atom. The zero-order chi connectivity index (χ0) is 13.4. The maximum absolute atomic E-state index is 5.33. The topological polar surface area (TPSA) is 54.9 Å². The predicted molar refractivity (Wildman–Crippen MR) is 89.1 cm³/mol. The third kappa shape index (κ3) is 5.54. The fraction of sp³-hybridized carbons (Fsp3) is 0.462. The summed E-state index contributed by atoms with van der Waals surface area (Å²) < 4.78 is 10.5. The summed E-state index contributed by atoms with van der Waals surface area (Å²) in [6.45, 7) is 0.775. The number of guanidine groups is 1. The summed E-state index contributed by atoms with van der Waals surface area (Å²) in [6.07, 6.45) is 0.834. The summed E-state index contributed by atoms with van der Waals surface area (Å²) in [5.74, 6) is 2.48. The highest BCUT2D eigenvalue weighted by Crippen LogP contribution is 2.23. The minimum absolute atomic E-state index is 0. The molecular formula is C13H22IN3O2. The fourth-order valence-corrected chi connectivity index (χ4v) is 1.67. The van der Waals surface area contributed by atoms with Crippen molar-refractivity contribution < 1.29 is 9.47 Å². The normalized spacial score (nSPS) is 10.4. The van der Waals surface area contributed by atoms with Gasteiger partial charge in [-0.2, -0.15) is 0 Å². The standard InChI is InChI=1S/C13H21N3O2.HI/c1-14-13(15-2)16-8-7-10-9-11(17-3)5-6-12(10)18-4;/h5-6,9H,7-8H2,1-4H3,(H2,14,15,16);1H. The molecule has 0 heterocycles. The molecule has 0 saturated heterocycles. The molecule has 0 aromatic heterocycles. The number of hydrogen-bond acceptors (Lipinski definition) is 3. The molecule has 0 aliphatic carbocycles. The number of rotatable bonds is 5. The molecule has 0 bridgehead atoms. The molecule has 0 aliphatic rings. The van der Waals surface area contributed by atoms with Crippen LogP contribution in [-0.2, 0) is 6.42 Å². The Bertz CT molecular complexity index is 411. The average Bonchev–Trinajstić information content (AvgIpc) is 2.43. The van der Waals surface area contributed by atoms with Crippen molar-refractivity contribution in [3.05, 3.63) is 23.8 Å². The van der Waals surface area contributed by atoms with Crippen molar-refractivity contribution in [2.45, 2.75) is 6.42 Å². The van der Waals surface area contributed by atoms with Crippen LogP contribution < -0.4 is 20.1 Å². The van der Waals surface area contributed by atoms with Crippen molar-refractivity contribution in [2.24, 2.45) is 4.99 Å². The van der Waals surface area contributed by atoms with Gasteiger partial charge in [0.1, 0.15) is 11.5 Å². The van der Waals surface area contributed by atoms with E-state index in [1.165, 1.54) is 0 Å². The van der Waals surface area contributed by atoms with Gasteiger partial charge < -0.3 is 20.1 Å². The molecule has 5 nitrogen and oxygen atoms in total. The first-order chi connectivity index (χ1) is 8.74. The average molecular weight is 379 g/mol. The molecule has 1 aromatic rings. The molecule has 0 spiro atoms. The van der Waals surface area contributed by atoms with Gasteiger partial charge in [0.15, 0.2) is 5.96 Å². The molecule has 6 heteroatoms. The number of nitrogens with one attached hydrogen (secondary N) is 2. The van der Waals surface area contributed by atoms with E-state index < -0.39 is 0 Å². The number of benzene rings is 1. The van der Waals surface area contributed by atoms with Crippen LogP contribution in [0.4, 0.5) is 0 Å². The van der Waals surface area contributed by atoms with E-state index in [9.17, 15) is 0 Å². The minimum atomic E-state index is 0. The summed E-state index contributed by atoms with van der Waals surface area (Å²) in [6, 6.07) is 5.80. The van der Waals surface area contributed by atoms with Gasteiger partial charge in [-0.1, -0.05) is 0 Å². The van der Waals surface area contributed by atoms with Crippen LogP contribution >= 0.6 is 24.0 Å². The zero-order valence-corrected chi connectivity index (χ0v) is 14.1. The SMILES string of the molecule is CN=C(NC)NCCc1cc(OC)ccc1OC.I. The summed E-state index contributed by atoms with van der Waals surface area (Å²) in [7, 11) is 6.91. The zero-order valence-electron chi connectivity index (χ0n) is 11.8. The Morgan fingerprint density at radius 2 is 2.00 bits per heavy atom. The van der Waals surface area contributed by atoms with Gasteiger partial charge in [0.05, 0.1) is 14.2 Å². The molecule has 0 amide bonds. The van der Waals surface area contributed by atoms with E-state index in [0.29, 0.717) is 0 Å². The van der Waals surface area contributed by atoms with Gasteiger partial charge in [0, 0.05) is 20.6 Å². The first kappa shape index (κ1) is 17.8.